The number of nitrogens with one attached hydrogen (secondary N) is 2. The van der Waals surface area contributed by atoms with Crippen LogP contribution in [0, 0.1) is 0 Å². The molecule has 0 aliphatic carbocycles. The van der Waals surface area contributed by atoms with Crippen molar-refractivity contribution in [2.75, 3.05) is 26.2 Å². The van der Waals surface area contributed by atoms with Crippen LogP contribution in [-0.2, 0) is 0 Å². The minimum absolute atomic E-state index is 0. The molecule has 0 unspecified atom stereocenters. The largest absolute Gasteiger partial charge is 2.00 e. The van der Waals surface area contributed by atoms with Crippen LogP contribution in [-0.4, -0.2) is 70.1 Å². The SMILES string of the molecule is C1CNCCN1.O=C([O-])[O-].[Ca+2]. The summed E-state index contributed by atoms with van der Waals surface area (Å²) in [6, 6.07) is 0. The number of rotatable bonds is 0. The van der Waals surface area contributed by atoms with E-state index >= 15 is 0 Å². The summed E-state index contributed by atoms with van der Waals surface area (Å²) in [6.45, 7) is 4.56. The Morgan fingerprint density at radius 2 is 1.18 bits per heavy atom. The van der Waals surface area contributed by atoms with Gasteiger partial charge in [-0.25, -0.2) is 0 Å². The second kappa shape index (κ2) is 10.4. The van der Waals surface area contributed by atoms with E-state index in [1.165, 1.54) is 0 Å². The Labute approximate surface area is 95.2 Å². The normalized spacial score (nSPS) is 15.3. The third kappa shape index (κ3) is 17.9. The zero-order valence-corrected chi connectivity index (χ0v) is 8.47. The average Bonchev–Trinajstić information content (AvgIpc) is 1.90. The molecule has 11 heavy (non-hydrogen) atoms. The molecule has 6 heteroatoms. The van der Waals surface area contributed by atoms with E-state index in [4.69, 9.17) is 15.0 Å². The average molecular weight is 186 g/mol. The third-order valence-corrected chi connectivity index (χ3v) is 0.957. The van der Waals surface area contributed by atoms with Gasteiger partial charge < -0.3 is 25.6 Å². The van der Waals surface area contributed by atoms with Gasteiger partial charge >= 0.3 is 37.7 Å². The van der Waals surface area contributed by atoms with Crippen molar-refractivity contribution in [1.29, 1.82) is 0 Å². The summed E-state index contributed by atoms with van der Waals surface area (Å²) in [5.41, 5.74) is 0. The standard InChI is InChI=1S/C4H10N2.CH2O3.Ca/c1-2-6-4-3-5-1;2-1(3)4;/h5-6H,1-4H2;(H2,2,3,4);/q;;+2/p-2. The summed E-state index contributed by atoms with van der Waals surface area (Å²) in [6.07, 6.45) is -2.33. The van der Waals surface area contributed by atoms with E-state index in [0.717, 1.165) is 26.2 Å². The Bertz CT molecular complexity index is 82.2. The number of hydrogen-bond acceptors (Lipinski definition) is 5. The van der Waals surface area contributed by atoms with Crippen molar-refractivity contribution >= 4 is 43.9 Å². The first-order valence-corrected chi connectivity index (χ1v) is 3.03. The van der Waals surface area contributed by atoms with Crippen LogP contribution in [0.5, 0.6) is 0 Å². The van der Waals surface area contributed by atoms with Crippen LogP contribution in [0.4, 0.5) is 4.79 Å². The van der Waals surface area contributed by atoms with Gasteiger partial charge in [0, 0.05) is 26.2 Å². The Morgan fingerprint density at radius 1 is 1.00 bits per heavy atom. The number of carbonyl (C=O) groups excluding carboxylic acids is 1. The fourth-order valence-corrected chi connectivity index (χ4v) is 0.604. The van der Waals surface area contributed by atoms with Crippen LogP contribution >= 0.6 is 0 Å². The molecule has 0 radical (unpaired) electrons. The van der Waals surface area contributed by atoms with Crippen LogP contribution in [0.25, 0.3) is 0 Å². The first-order valence-electron chi connectivity index (χ1n) is 3.03. The molecular weight excluding hydrogens is 176 g/mol. The molecule has 1 heterocycles. The maximum atomic E-state index is 8.33. The Balaban J connectivity index is 0. The number of carboxylic acid groups (broad SMARTS) is 2. The quantitative estimate of drug-likeness (QED) is 0.381. The van der Waals surface area contributed by atoms with Crippen molar-refractivity contribution < 1.29 is 15.0 Å². The van der Waals surface area contributed by atoms with E-state index in [2.05, 4.69) is 10.6 Å². The molecule has 1 fully saturated rings. The van der Waals surface area contributed by atoms with E-state index in [-0.39, 0.29) is 37.7 Å². The molecule has 0 aromatic rings. The van der Waals surface area contributed by atoms with E-state index < -0.39 is 6.16 Å². The number of hydrogen-bond donors (Lipinski definition) is 2. The van der Waals surface area contributed by atoms with Gasteiger partial charge in [0.05, 0.1) is 0 Å². The van der Waals surface area contributed by atoms with Crippen molar-refractivity contribution in [2.45, 2.75) is 0 Å². The minimum Gasteiger partial charge on any atom is -0.652 e. The molecule has 5 nitrogen and oxygen atoms in total. The smallest absolute Gasteiger partial charge is 0.652 e. The van der Waals surface area contributed by atoms with E-state index in [1.54, 1.807) is 0 Å². The van der Waals surface area contributed by atoms with Crippen molar-refractivity contribution in [3.63, 3.8) is 0 Å². The van der Waals surface area contributed by atoms with E-state index in [9.17, 15) is 0 Å². The zero-order valence-electron chi connectivity index (χ0n) is 6.26. The van der Waals surface area contributed by atoms with Gasteiger partial charge in [0.1, 0.15) is 0 Å². The summed E-state index contributed by atoms with van der Waals surface area (Å²) >= 11 is 0. The molecule has 1 aliphatic rings. The molecule has 0 aromatic heterocycles. The molecular formula is C5H10CaN2O3. The van der Waals surface area contributed by atoms with E-state index in [0.29, 0.717) is 0 Å². The van der Waals surface area contributed by atoms with Crippen LogP contribution in [0.2, 0.25) is 0 Å². The fourth-order valence-electron chi connectivity index (χ4n) is 0.604. The molecule has 0 bridgehead atoms. The Kier molecular flexibility index (Phi) is 13.3. The van der Waals surface area contributed by atoms with Crippen molar-refractivity contribution in [1.82, 2.24) is 10.6 Å². The summed E-state index contributed by atoms with van der Waals surface area (Å²) in [5.74, 6) is 0. The Morgan fingerprint density at radius 3 is 1.27 bits per heavy atom. The molecule has 1 rings (SSSR count). The van der Waals surface area contributed by atoms with Gasteiger partial charge in [-0.05, 0) is 6.16 Å². The topological polar surface area (TPSA) is 87.2 Å². The number of piperazine rings is 1. The second-order valence-electron chi connectivity index (χ2n) is 1.75. The maximum absolute atomic E-state index is 8.33. The summed E-state index contributed by atoms with van der Waals surface area (Å²) in [7, 11) is 0. The maximum Gasteiger partial charge on any atom is 2.00 e. The molecule has 0 amide bonds. The van der Waals surface area contributed by atoms with Crippen molar-refractivity contribution in [3.05, 3.63) is 0 Å². The van der Waals surface area contributed by atoms with Crippen LogP contribution in [0.3, 0.4) is 0 Å². The molecule has 0 saturated carbocycles. The van der Waals surface area contributed by atoms with Gasteiger partial charge in [-0.1, -0.05) is 0 Å². The second-order valence-corrected chi connectivity index (χ2v) is 1.75. The third-order valence-electron chi connectivity index (χ3n) is 0.957. The van der Waals surface area contributed by atoms with Gasteiger partial charge in [-0.3, -0.25) is 0 Å². The zero-order chi connectivity index (χ0) is 7.82. The first-order chi connectivity index (χ1) is 4.73. The molecule has 60 valence electrons. The summed E-state index contributed by atoms with van der Waals surface area (Å²) < 4.78 is 0. The summed E-state index contributed by atoms with van der Waals surface area (Å²) in [4.78, 5) is 8.33. The van der Waals surface area contributed by atoms with Gasteiger partial charge in [0.25, 0.3) is 0 Å². The predicted molar refractivity (Wildman–Crippen MR) is 36.9 cm³/mol. The first kappa shape index (κ1) is 14.0. The molecule has 0 atom stereocenters. The van der Waals surface area contributed by atoms with Gasteiger partial charge in [-0.2, -0.15) is 0 Å². The Hall–Kier alpha value is 0.450. The van der Waals surface area contributed by atoms with Crippen LogP contribution in [0.1, 0.15) is 0 Å². The molecule has 2 N–H and O–H groups in total. The molecule has 0 spiro atoms. The van der Waals surface area contributed by atoms with Gasteiger partial charge in [0.15, 0.2) is 0 Å². The van der Waals surface area contributed by atoms with E-state index in [1.807, 2.05) is 0 Å². The summed E-state index contributed by atoms with van der Waals surface area (Å²) in [5, 5.41) is 23.1. The minimum atomic E-state index is -2.33. The van der Waals surface area contributed by atoms with Gasteiger partial charge in [-0.15, -0.1) is 0 Å². The van der Waals surface area contributed by atoms with Gasteiger partial charge in [0.2, 0.25) is 0 Å². The monoisotopic (exact) mass is 186 g/mol. The van der Waals surface area contributed by atoms with Crippen LogP contribution in [0.15, 0.2) is 0 Å². The molecule has 0 aromatic carbocycles. The fraction of sp³-hybridized carbons (Fsp3) is 0.800. The number of carbonyl (C=O) groups is 1. The van der Waals surface area contributed by atoms with Crippen molar-refractivity contribution in [3.8, 4) is 0 Å². The molecule has 1 saturated heterocycles. The van der Waals surface area contributed by atoms with Crippen molar-refractivity contribution in [2.24, 2.45) is 0 Å². The predicted octanol–water partition coefficient (Wildman–Crippen LogP) is -3.65. The molecule has 1 aliphatic heterocycles. The van der Waals surface area contributed by atoms with Crippen LogP contribution < -0.4 is 20.8 Å².